The van der Waals surface area contributed by atoms with E-state index in [1.807, 2.05) is 0 Å². The van der Waals surface area contributed by atoms with Crippen LogP contribution in [-0.2, 0) is 53.8 Å². The van der Waals surface area contributed by atoms with Crippen LogP contribution in [0.1, 0.15) is 18.1 Å². The fourth-order valence-electron chi connectivity index (χ4n) is 7.66. The van der Waals surface area contributed by atoms with Gasteiger partial charge in [-0.3, -0.25) is 0 Å². The Bertz CT molecular complexity index is 1900. The van der Waals surface area contributed by atoms with E-state index in [4.69, 9.17) is 52.1 Å². The Hall–Kier alpha value is -3.87. The van der Waals surface area contributed by atoms with E-state index in [1.165, 1.54) is 57.6 Å². The average Bonchev–Trinajstić information content (AvgIpc) is 3.30. The molecule has 66 heavy (non-hydrogen) atoms. The molecule has 0 aromatic heterocycles. The summed E-state index contributed by atoms with van der Waals surface area (Å²) in [4.78, 5) is 13.7. The summed E-state index contributed by atoms with van der Waals surface area (Å²) in [5, 5.41) is 127. The van der Waals surface area contributed by atoms with Crippen molar-refractivity contribution in [3.8, 4) is 23.0 Å². The molecule has 0 saturated carbocycles. The topological polar surface area (TPSA) is 361 Å². The minimum Gasteiger partial charge on any atom is -0.504 e. The number of benzene rings is 2. The Balaban J connectivity index is 1.33. The molecule has 4 heterocycles. The first-order valence-electron chi connectivity index (χ1n) is 20.9. The van der Waals surface area contributed by atoms with Gasteiger partial charge in [-0.25, -0.2) is 4.79 Å². The summed E-state index contributed by atoms with van der Waals surface area (Å²) in [7, 11) is 2.72. The summed E-state index contributed by atoms with van der Waals surface area (Å²) in [6, 6.07) is 8.84. The highest BCUT2D eigenvalue weighted by atomic mass is 16.8. The van der Waals surface area contributed by atoms with Gasteiger partial charge in [-0.05, 0) is 54.8 Å². The Morgan fingerprint density at radius 3 is 1.97 bits per heavy atom. The van der Waals surface area contributed by atoms with Crippen LogP contribution in [0.5, 0.6) is 23.0 Å². The van der Waals surface area contributed by atoms with Gasteiger partial charge in [0.15, 0.2) is 54.3 Å². The van der Waals surface area contributed by atoms with Gasteiger partial charge in [-0.15, -0.1) is 0 Å². The van der Waals surface area contributed by atoms with Gasteiger partial charge in [0.2, 0.25) is 0 Å². The molecule has 0 unspecified atom stereocenters. The second-order valence-electron chi connectivity index (χ2n) is 16.0. The smallest absolute Gasteiger partial charge is 0.331 e. The number of phenols is 2. The largest absolute Gasteiger partial charge is 0.504 e. The van der Waals surface area contributed by atoms with Crippen molar-refractivity contribution in [2.45, 2.75) is 130 Å². The van der Waals surface area contributed by atoms with Crippen molar-refractivity contribution in [1.29, 1.82) is 0 Å². The maximum atomic E-state index is 13.7. The number of carbonyl (C=O) groups is 1. The van der Waals surface area contributed by atoms with Crippen molar-refractivity contribution >= 4 is 12.0 Å². The van der Waals surface area contributed by atoms with E-state index in [-0.39, 0.29) is 36.0 Å². The molecule has 370 valence electrons. The highest BCUT2D eigenvalue weighted by molar-refractivity contribution is 5.87. The lowest BCUT2D eigenvalue weighted by atomic mass is 9.96. The first-order valence-corrected chi connectivity index (χ1v) is 20.9. The molecule has 24 nitrogen and oxygen atoms in total. The molecule has 4 saturated heterocycles. The van der Waals surface area contributed by atoms with Gasteiger partial charge in [-0.1, -0.05) is 12.1 Å². The summed E-state index contributed by atoms with van der Waals surface area (Å²) in [5.41, 5.74) is 0.889. The van der Waals surface area contributed by atoms with Gasteiger partial charge in [0.1, 0.15) is 79.4 Å². The van der Waals surface area contributed by atoms with Crippen molar-refractivity contribution in [3.05, 3.63) is 53.6 Å². The summed E-state index contributed by atoms with van der Waals surface area (Å²) in [5.74, 6) is -1.13. The molecular weight excluding hydrogens is 888 g/mol. The average molecular weight is 947 g/mol. The Morgan fingerprint density at radius 2 is 1.30 bits per heavy atom. The fraction of sp³-hybridized carbons (Fsp3) is 0.643. The zero-order chi connectivity index (χ0) is 48.0. The molecule has 4 aliphatic heterocycles. The molecule has 6 rings (SSSR count). The van der Waals surface area contributed by atoms with Crippen molar-refractivity contribution in [1.82, 2.24) is 0 Å². The molecule has 4 aliphatic rings. The lowest BCUT2D eigenvalue weighted by molar-refractivity contribution is -0.383. The minimum absolute atomic E-state index is 0.124. The summed E-state index contributed by atoms with van der Waals surface area (Å²) >= 11 is 0. The molecule has 0 spiro atoms. The van der Waals surface area contributed by atoms with Crippen molar-refractivity contribution in [3.63, 3.8) is 0 Å². The molecule has 19 atom stereocenters. The number of esters is 1. The number of hydrogen-bond donors (Lipinski definition) is 12. The van der Waals surface area contributed by atoms with Crippen LogP contribution >= 0.6 is 0 Å². The summed E-state index contributed by atoms with van der Waals surface area (Å²) in [6.45, 7) is -0.851. The first-order chi connectivity index (χ1) is 31.4. The van der Waals surface area contributed by atoms with Crippen molar-refractivity contribution < 1.29 is 118 Å². The first kappa shape index (κ1) is 51.5. The van der Waals surface area contributed by atoms with E-state index >= 15 is 0 Å². The minimum atomic E-state index is -1.94. The maximum absolute atomic E-state index is 13.7. The van der Waals surface area contributed by atoms with Crippen LogP contribution in [0.15, 0.2) is 42.5 Å². The third kappa shape index (κ3) is 11.9. The molecule has 2 aromatic carbocycles. The standard InChI is InChI=1S/C42H58O24/c1-17-28(48)32(52)38(66-40-33(53)29(49)22(46)15-59-40)42(61-17)65-37-35(55)41(58-11-10-19-5-8-24(57-3)21(45)13-19)63-26(16-60-39-34(54)31(51)30(50)25(14-43)62-39)36(37)64-27(47)9-6-18-4-7-23(56-2)20(44)12-18/h4-9,12-13,17,22,25-26,28-46,48-55H,10-11,14-16H2,1-3H3/b9-6+/t17-,22-,25+,26+,28-,29-,30+,31-,32+,33+,34+,35+,36+,37+,38+,39+,40-,41+,42-/m0/s1. The molecule has 0 bridgehead atoms. The molecule has 4 fully saturated rings. The van der Waals surface area contributed by atoms with Crippen molar-refractivity contribution in [2.75, 3.05) is 40.6 Å². The number of ether oxygens (including phenoxy) is 11. The summed E-state index contributed by atoms with van der Waals surface area (Å²) < 4.78 is 62.9. The number of hydrogen-bond acceptors (Lipinski definition) is 24. The quantitative estimate of drug-likeness (QED) is 0.0529. The van der Waals surface area contributed by atoms with Crippen molar-refractivity contribution in [2.24, 2.45) is 0 Å². The maximum Gasteiger partial charge on any atom is 0.331 e. The van der Waals surface area contributed by atoms with Gasteiger partial charge in [0, 0.05) is 6.08 Å². The number of rotatable bonds is 17. The Morgan fingerprint density at radius 1 is 0.667 bits per heavy atom. The van der Waals surface area contributed by atoms with Crippen LogP contribution in [0, 0.1) is 0 Å². The van der Waals surface area contributed by atoms with E-state index in [9.17, 15) is 66.1 Å². The van der Waals surface area contributed by atoms with E-state index in [0.29, 0.717) is 11.1 Å². The lowest BCUT2D eigenvalue weighted by Gasteiger charge is -2.48. The number of carbonyl (C=O) groups excluding carboxylic acids is 1. The normalized spacial score (nSPS) is 38.5. The van der Waals surface area contributed by atoms with Crippen LogP contribution in [-0.4, -0.2) is 225 Å². The van der Waals surface area contributed by atoms with E-state index < -0.39 is 143 Å². The van der Waals surface area contributed by atoms with Gasteiger partial charge >= 0.3 is 5.97 Å². The van der Waals surface area contributed by atoms with Gasteiger partial charge in [0.25, 0.3) is 0 Å². The zero-order valence-electron chi connectivity index (χ0n) is 35.9. The number of aliphatic hydroxyl groups excluding tert-OH is 10. The monoisotopic (exact) mass is 946 g/mol. The van der Waals surface area contributed by atoms with Crippen LogP contribution in [0.3, 0.4) is 0 Å². The molecule has 2 aromatic rings. The predicted octanol–water partition coefficient (Wildman–Crippen LogP) is -4.12. The highest BCUT2D eigenvalue weighted by Gasteiger charge is 2.55. The van der Waals surface area contributed by atoms with Gasteiger partial charge in [-0.2, -0.15) is 0 Å². The Kier molecular flexibility index (Phi) is 17.9. The molecule has 0 radical (unpaired) electrons. The molecule has 0 aliphatic carbocycles. The second kappa shape index (κ2) is 23.0. The molecule has 24 heteroatoms. The van der Waals surface area contributed by atoms with E-state index in [2.05, 4.69) is 0 Å². The molecular formula is C42H58O24. The predicted molar refractivity (Wildman–Crippen MR) is 216 cm³/mol. The highest BCUT2D eigenvalue weighted by Crippen LogP contribution is 2.35. The van der Waals surface area contributed by atoms with Gasteiger partial charge in [0.05, 0.1) is 46.8 Å². The number of methoxy groups -OCH3 is 2. The zero-order valence-corrected chi connectivity index (χ0v) is 35.9. The Labute approximate surface area is 377 Å². The summed E-state index contributed by atoms with van der Waals surface area (Å²) in [6.07, 6.45) is -30.2. The number of aliphatic hydroxyl groups is 10. The van der Waals surface area contributed by atoms with E-state index in [1.54, 1.807) is 6.07 Å². The van der Waals surface area contributed by atoms with Crippen LogP contribution < -0.4 is 9.47 Å². The third-order valence-corrected chi connectivity index (χ3v) is 11.5. The number of aromatic hydroxyl groups is 2. The van der Waals surface area contributed by atoms with Gasteiger partial charge < -0.3 is 113 Å². The second-order valence-corrected chi connectivity index (χ2v) is 16.0. The number of phenolic OH excluding ortho intramolecular Hbond substituents is 2. The third-order valence-electron chi connectivity index (χ3n) is 11.5. The SMILES string of the molecule is COc1ccc(/C=C/C(=O)O[C@H]2[C@H](O[C@@H]3O[C@@H](C)[C@H](O)[C@@H](O)[C@H]3O[C@@H]3OC[C@H](O)[C@H](O)[C@H]3O)[C@@H](O)[C@H](OCCc3ccc(OC)c(O)c3)O[C@@H]2CO[C@@H]2O[C@H](CO)[C@@H](O)[C@H](O)[C@H]2O)cc1O. The van der Waals surface area contributed by atoms with Crippen LogP contribution in [0.2, 0.25) is 0 Å². The molecule has 0 amide bonds. The lowest BCUT2D eigenvalue weighted by Crippen LogP contribution is -2.66. The molecule has 12 N–H and O–H groups in total. The van der Waals surface area contributed by atoms with Crippen LogP contribution in [0.4, 0.5) is 0 Å². The fourth-order valence-corrected chi connectivity index (χ4v) is 7.66. The van der Waals surface area contributed by atoms with E-state index in [0.717, 1.165) is 6.08 Å². The van der Waals surface area contributed by atoms with Crippen LogP contribution in [0.25, 0.3) is 6.08 Å².